The number of fused-ring (bicyclic) bond motifs is 3. The van der Waals surface area contributed by atoms with E-state index in [1.165, 1.54) is 0 Å². The van der Waals surface area contributed by atoms with Gasteiger partial charge in [-0.3, -0.25) is 102 Å². The van der Waals surface area contributed by atoms with Crippen LogP contribution in [0.4, 0.5) is 0 Å². The van der Waals surface area contributed by atoms with Gasteiger partial charge in [0, 0.05) is 38.5 Å². The van der Waals surface area contributed by atoms with Gasteiger partial charge in [0.1, 0.15) is 60.4 Å². The summed E-state index contributed by atoms with van der Waals surface area (Å²) >= 11 is 0. The maximum Gasteiger partial charge on any atom is 0.320 e. The molecule has 3 heterocycles. The predicted molar refractivity (Wildman–Crippen MR) is 368 cm³/mol. The average molecular weight is 1560 g/mol. The zero-order valence-electron chi connectivity index (χ0n) is 59.9. The minimum Gasteiger partial charge on any atom is -0.481 e. The SMILES string of the molecule is NCCCC[C@H](NC(=O)[C@@H](CO)NC(=O)[C@@H]1CCNC2C(NC(=O)CC[C@H](N)C(=O)O)CC3CC(O)C(O)CC3N21)C(=O)NCC(=O)N[C@@H](CCCN(O)C=O)C(=O)N[C@H](CO)C(=O)N[C@@H](CO)C(=O)NCC(=O)NC1CCCCNC(=O)[C@H](CO)NC(=O)[C@H](CCC(=O)O)NC(=O)[C@@H](CCCN(O)C=O)NC1=O. The zero-order chi connectivity index (χ0) is 81.0. The van der Waals surface area contributed by atoms with E-state index in [-0.39, 0.29) is 139 Å². The van der Waals surface area contributed by atoms with Crippen LogP contribution in [-0.4, -0.2) is 337 Å². The molecule has 3 saturated heterocycles. The summed E-state index contributed by atoms with van der Waals surface area (Å²) in [6.45, 7) is -6.77. The van der Waals surface area contributed by atoms with E-state index in [0.29, 0.717) is 12.8 Å². The third-order valence-electron chi connectivity index (χ3n) is 18.6. The first-order valence-corrected chi connectivity index (χ1v) is 35.7. The number of rotatable bonds is 42. The van der Waals surface area contributed by atoms with Crippen LogP contribution in [0.25, 0.3) is 0 Å². The Kier molecular flexibility index (Phi) is 40.0. The van der Waals surface area contributed by atoms with Crippen molar-refractivity contribution in [2.75, 3.05) is 72.2 Å². The van der Waals surface area contributed by atoms with Crippen molar-refractivity contribution in [1.29, 1.82) is 0 Å². The lowest BCUT2D eigenvalue weighted by atomic mass is 9.72. The molecule has 0 aromatic carbocycles. The van der Waals surface area contributed by atoms with Crippen molar-refractivity contribution in [2.24, 2.45) is 17.4 Å². The van der Waals surface area contributed by atoms with E-state index in [2.05, 4.69) is 74.4 Å². The van der Waals surface area contributed by atoms with Crippen molar-refractivity contribution in [2.45, 2.75) is 212 Å². The van der Waals surface area contributed by atoms with Crippen LogP contribution in [0.15, 0.2) is 0 Å². The van der Waals surface area contributed by atoms with Gasteiger partial charge in [0.05, 0.1) is 70.0 Å². The molecule has 1 aliphatic carbocycles. The monoisotopic (exact) mass is 1560 g/mol. The van der Waals surface area contributed by atoms with Crippen molar-refractivity contribution in [1.82, 2.24) is 89.5 Å². The van der Waals surface area contributed by atoms with Crippen molar-refractivity contribution < 1.29 is 133 Å². The number of hydrogen-bond donors (Lipinski definition) is 26. The molecule has 0 aromatic rings. The molecule has 614 valence electrons. The molecule has 17 atom stereocenters. The summed E-state index contributed by atoms with van der Waals surface area (Å²) in [6, 6.07) is -18.8. The molecule has 28 N–H and O–H groups in total. The lowest BCUT2D eigenvalue weighted by Gasteiger charge is -2.57. The molecule has 4 fully saturated rings. The highest BCUT2D eigenvalue weighted by Gasteiger charge is 2.53. The Bertz CT molecular complexity index is 3130. The maximum absolute atomic E-state index is 14.4. The van der Waals surface area contributed by atoms with Crippen LogP contribution < -0.4 is 85.9 Å². The Morgan fingerprint density at radius 3 is 1.71 bits per heavy atom. The summed E-state index contributed by atoms with van der Waals surface area (Å²) < 4.78 is 0. The number of aliphatic hydroxyl groups is 6. The summed E-state index contributed by atoms with van der Waals surface area (Å²) in [5.74, 6) is -16.5. The zero-order valence-corrected chi connectivity index (χ0v) is 59.9. The van der Waals surface area contributed by atoms with Crippen LogP contribution in [0.1, 0.15) is 116 Å². The van der Waals surface area contributed by atoms with Gasteiger partial charge in [-0.05, 0) is 122 Å². The molecule has 7 unspecified atom stereocenters. The molecule has 3 aliphatic heterocycles. The molecule has 0 aromatic heterocycles. The third-order valence-corrected chi connectivity index (χ3v) is 18.6. The number of nitrogens with zero attached hydrogens (tertiary/aromatic N) is 3. The first-order valence-electron chi connectivity index (χ1n) is 35.7. The fourth-order valence-corrected chi connectivity index (χ4v) is 12.7. The Hall–Kier alpha value is -9.49. The largest absolute Gasteiger partial charge is 0.481 e. The average Bonchev–Trinajstić information content (AvgIpc) is 0.748. The number of carboxylic acid groups (broad SMARTS) is 2. The minimum atomic E-state index is -1.98. The van der Waals surface area contributed by atoms with E-state index in [1.807, 2.05) is 0 Å². The summed E-state index contributed by atoms with van der Waals surface area (Å²) in [5, 5.41) is 135. The summed E-state index contributed by atoms with van der Waals surface area (Å²) in [5.41, 5.74) is 11.3. The smallest absolute Gasteiger partial charge is 0.320 e. The van der Waals surface area contributed by atoms with Crippen LogP contribution in [-0.2, 0) is 81.5 Å². The van der Waals surface area contributed by atoms with Gasteiger partial charge in [0.25, 0.3) is 0 Å². The molecular formula is C63H105N19O27. The first-order chi connectivity index (χ1) is 51.8. The van der Waals surface area contributed by atoms with Crippen molar-refractivity contribution in [3.05, 3.63) is 0 Å². The summed E-state index contributed by atoms with van der Waals surface area (Å²) in [6.07, 6.45) is -4.91. The molecule has 46 nitrogen and oxygen atoms in total. The number of hydroxylamine groups is 4. The Morgan fingerprint density at radius 2 is 1.10 bits per heavy atom. The second-order valence-corrected chi connectivity index (χ2v) is 26.6. The number of aliphatic hydroxyl groups excluding tert-OH is 6. The maximum atomic E-state index is 14.4. The number of unbranched alkanes of at least 4 members (excludes halogenated alkanes) is 1. The van der Waals surface area contributed by atoms with Gasteiger partial charge >= 0.3 is 11.9 Å². The second kappa shape index (κ2) is 47.4. The molecule has 0 radical (unpaired) electrons. The molecule has 15 amide bonds. The summed E-state index contributed by atoms with van der Waals surface area (Å²) in [4.78, 5) is 224. The van der Waals surface area contributed by atoms with Gasteiger partial charge in [-0.2, -0.15) is 0 Å². The standard InChI is InChI=1S/C63H105N19O27/c64-16-3-1-7-34(73-60(103)43(29-86)79-62(105)44-15-18-66-52-39(72-48(91)13-11-33(65)63(106)107)21-32-22-46(89)47(90)23-45(32)82(44)52)53(96)68-24-49(92)71-36(9-5-19-80(108)30-87)57(100)78-42(28-85)61(104)77-41(27-84)55(98)69-25-50(93)70-35-8-2-4-17-67-54(97)40(26-83)76-59(102)38(12-14-51(94)95)75-58(101)37(74-56(35)99)10-6-20-81(109)31-88/h30-47,52,66,83-86,89-90,108-109H,1-29,64-65H2,(H,67,97)(H,68,96)(H,69,98)(H,70,93)(H,71,92)(H,72,91)(H,73,103)(H,74,99)(H,75,101)(H,76,102)(H,77,104)(H,78,100)(H,79,105)(H,94,95)(H,106,107)/t32?,33-,34-,35?,36-,37+,38-,39?,40-,41-,42+,43+,44-,45?,46?,47?,52?/m0/s1. The van der Waals surface area contributed by atoms with Crippen LogP contribution in [0, 0.1) is 5.92 Å². The molecule has 4 aliphatic rings. The number of carbonyl (C=O) groups excluding carboxylic acids is 15. The quantitative estimate of drug-likeness (QED) is 0.0117. The van der Waals surface area contributed by atoms with Crippen LogP contribution in [0.2, 0.25) is 0 Å². The van der Waals surface area contributed by atoms with E-state index in [1.54, 1.807) is 4.90 Å². The van der Waals surface area contributed by atoms with Gasteiger partial charge in [-0.15, -0.1) is 0 Å². The highest BCUT2D eigenvalue weighted by Crippen LogP contribution is 2.40. The lowest BCUT2D eigenvalue weighted by Crippen LogP contribution is -2.75. The molecule has 0 bridgehead atoms. The Morgan fingerprint density at radius 1 is 0.560 bits per heavy atom. The predicted octanol–water partition coefficient (Wildman–Crippen LogP) is -13.3. The van der Waals surface area contributed by atoms with E-state index in [4.69, 9.17) is 11.5 Å². The summed E-state index contributed by atoms with van der Waals surface area (Å²) in [7, 11) is 0. The fourth-order valence-electron chi connectivity index (χ4n) is 12.7. The van der Waals surface area contributed by atoms with Crippen LogP contribution in [0.3, 0.4) is 0 Å². The first kappa shape index (κ1) is 91.9. The van der Waals surface area contributed by atoms with Gasteiger partial charge in [-0.1, -0.05) is 0 Å². The lowest BCUT2D eigenvalue weighted by molar-refractivity contribution is -0.150. The van der Waals surface area contributed by atoms with E-state index < -0.39 is 251 Å². The highest BCUT2D eigenvalue weighted by atomic mass is 16.5. The van der Waals surface area contributed by atoms with Crippen LogP contribution in [0.5, 0.6) is 0 Å². The molecule has 0 spiro atoms. The Labute approximate surface area is 624 Å². The van der Waals surface area contributed by atoms with Gasteiger partial charge in [0.15, 0.2) is 0 Å². The van der Waals surface area contributed by atoms with Crippen LogP contribution >= 0.6 is 0 Å². The number of nitrogens with two attached hydrogens (primary N) is 2. The molecule has 4 rings (SSSR count). The van der Waals surface area contributed by atoms with E-state index >= 15 is 0 Å². The van der Waals surface area contributed by atoms with Gasteiger partial charge < -0.3 is 121 Å². The van der Waals surface area contributed by atoms with Gasteiger partial charge in [0.2, 0.25) is 89.6 Å². The number of hydrogen-bond acceptors (Lipinski definition) is 29. The number of piperidine rings is 1. The Balaban J connectivity index is 1.43. The molecule has 46 heteroatoms. The van der Waals surface area contributed by atoms with Crippen molar-refractivity contribution >= 4 is 102 Å². The third kappa shape index (κ3) is 30.5. The van der Waals surface area contributed by atoms with Gasteiger partial charge in [-0.25, -0.2) is 10.1 Å². The molecule has 1 saturated carbocycles. The van der Waals surface area contributed by atoms with E-state index in [0.717, 1.165) is 0 Å². The normalized spacial score (nSPS) is 24.3. The number of amides is 15. The molecular weight excluding hydrogens is 1450 g/mol. The topological polar surface area (TPSA) is 723 Å². The minimum absolute atomic E-state index is 0.0169. The number of carbonyl (C=O) groups is 17. The molecule has 109 heavy (non-hydrogen) atoms. The second-order valence-electron chi connectivity index (χ2n) is 26.6. The van der Waals surface area contributed by atoms with Crippen molar-refractivity contribution in [3.8, 4) is 0 Å². The highest BCUT2D eigenvalue weighted by molar-refractivity contribution is 5.99. The number of aliphatic carboxylic acids is 2. The fraction of sp³-hybridized carbons (Fsp3) is 0.730. The number of carboxylic acids is 2. The van der Waals surface area contributed by atoms with E-state index in [9.17, 15) is 133 Å². The van der Waals surface area contributed by atoms with Crippen molar-refractivity contribution in [3.63, 3.8) is 0 Å². The number of nitrogens with one attached hydrogen (secondary N) is 14.